The minimum Gasteiger partial charge on any atom is -0.0822 e. The van der Waals surface area contributed by atoms with E-state index >= 15 is 0 Å². The summed E-state index contributed by atoms with van der Waals surface area (Å²) in [6.07, 6.45) is 6.49. The zero-order chi connectivity index (χ0) is 9.14. The van der Waals surface area contributed by atoms with Crippen LogP contribution in [0.5, 0.6) is 0 Å². The molecular weight excluding hydrogens is 144 g/mol. The highest BCUT2D eigenvalue weighted by Crippen LogP contribution is 2.45. The number of rotatable bonds is 4. The summed E-state index contributed by atoms with van der Waals surface area (Å²) in [5.74, 6) is 2.71. The molecule has 0 aliphatic heterocycles. The first kappa shape index (κ1) is 9.83. The Hall–Kier alpha value is -0.260. The minimum atomic E-state index is 0.785. The Morgan fingerprint density at radius 3 is 2.42 bits per heavy atom. The van der Waals surface area contributed by atoms with Crippen molar-refractivity contribution < 1.29 is 0 Å². The maximum absolute atomic E-state index is 2.51. The summed E-state index contributed by atoms with van der Waals surface area (Å²) in [6.45, 7) is 9.25. The lowest BCUT2D eigenvalue weighted by Gasteiger charge is -2.07. The van der Waals surface area contributed by atoms with Crippen LogP contribution in [0.25, 0.3) is 0 Å². The molecule has 0 aromatic rings. The average molecular weight is 166 g/mol. The normalized spacial score (nSPS) is 31.8. The van der Waals surface area contributed by atoms with E-state index in [1.54, 1.807) is 5.57 Å². The van der Waals surface area contributed by atoms with Crippen LogP contribution >= 0.6 is 0 Å². The van der Waals surface area contributed by atoms with Crippen LogP contribution in [-0.2, 0) is 0 Å². The van der Waals surface area contributed by atoms with Gasteiger partial charge in [0, 0.05) is 0 Å². The fraction of sp³-hybridized carbons (Fsp3) is 0.833. The van der Waals surface area contributed by atoms with Crippen molar-refractivity contribution >= 4 is 0 Å². The van der Waals surface area contributed by atoms with Crippen LogP contribution in [-0.4, -0.2) is 0 Å². The third-order valence-corrected chi connectivity index (χ3v) is 3.14. The molecular formula is C12H22. The van der Waals surface area contributed by atoms with Crippen LogP contribution in [0.1, 0.15) is 47.0 Å². The van der Waals surface area contributed by atoms with Crippen molar-refractivity contribution in [3.8, 4) is 0 Å². The van der Waals surface area contributed by atoms with E-state index in [-0.39, 0.29) is 0 Å². The van der Waals surface area contributed by atoms with Crippen molar-refractivity contribution in [1.29, 1.82) is 0 Å². The number of hydrogen-bond acceptors (Lipinski definition) is 0. The van der Waals surface area contributed by atoms with E-state index in [1.165, 1.54) is 19.3 Å². The molecule has 0 nitrogen and oxygen atoms in total. The van der Waals surface area contributed by atoms with Gasteiger partial charge in [-0.3, -0.25) is 0 Å². The highest BCUT2D eigenvalue weighted by molar-refractivity contribution is 5.15. The molecule has 1 aliphatic carbocycles. The Kier molecular flexibility index (Phi) is 3.37. The third-order valence-electron chi connectivity index (χ3n) is 3.14. The van der Waals surface area contributed by atoms with Gasteiger partial charge in [0.15, 0.2) is 0 Å². The van der Waals surface area contributed by atoms with Gasteiger partial charge in [-0.2, -0.15) is 0 Å². The van der Waals surface area contributed by atoms with Crippen LogP contribution in [0.15, 0.2) is 11.6 Å². The lowest BCUT2D eigenvalue weighted by Crippen LogP contribution is -1.92. The van der Waals surface area contributed by atoms with Crippen molar-refractivity contribution in [2.45, 2.75) is 47.0 Å². The second kappa shape index (κ2) is 4.11. The minimum absolute atomic E-state index is 0.785. The molecule has 1 saturated carbocycles. The van der Waals surface area contributed by atoms with Crippen molar-refractivity contribution in [2.24, 2.45) is 17.8 Å². The van der Waals surface area contributed by atoms with Crippen molar-refractivity contribution in [1.82, 2.24) is 0 Å². The summed E-state index contributed by atoms with van der Waals surface area (Å²) in [5.41, 5.74) is 1.72. The van der Waals surface area contributed by atoms with Gasteiger partial charge in [0.25, 0.3) is 0 Å². The summed E-state index contributed by atoms with van der Waals surface area (Å²) < 4.78 is 0. The molecule has 3 unspecified atom stereocenters. The number of hydrogen-bond donors (Lipinski definition) is 0. The molecule has 0 radical (unpaired) electrons. The highest BCUT2D eigenvalue weighted by Gasteiger charge is 2.34. The van der Waals surface area contributed by atoms with Gasteiger partial charge < -0.3 is 0 Å². The number of allylic oxidation sites excluding steroid dienone is 2. The molecule has 1 aliphatic rings. The Labute approximate surface area is 77.1 Å². The van der Waals surface area contributed by atoms with Gasteiger partial charge in [-0.15, -0.1) is 0 Å². The van der Waals surface area contributed by atoms with Gasteiger partial charge in [-0.1, -0.05) is 45.8 Å². The van der Waals surface area contributed by atoms with Crippen molar-refractivity contribution in [2.75, 3.05) is 0 Å². The first-order chi connectivity index (χ1) is 5.69. The van der Waals surface area contributed by atoms with Crippen LogP contribution in [0.3, 0.4) is 0 Å². The molecule has 0 amide bonds. The van der Waals surface area contributed by atoms with Crippen molar-refractivity contribution in [3.05, 3.63) is 11.6 Å². The fourth-order valence-corrected chi connectivity index (χ4v) is 1.83. The topological polar surface area (TPSA) is 0 Å². The van der Waals surface area contributed by atoms with E-state index in [9.17, 15) is 0 Å². The Bertz CT molecular complexity index is 167. The Morgan fingerprint density at radius 2 is 2.08 bits per heavy atom. The molecule has 12 heavy (non-hydrogen) atoms. The summed E-state index contributed by atoms with van der Waals surface area (Å²) in [6, 6.07) is 0. The monoisotopic (exact) mass is 166 g/mol. The molecule has 0 heterocycles. The average Bonchev–Trinajstić information content (AvgIpc) is 2.77. The molecule has 1 rings (SSSR count). The second-order valence-electron chi connectivity index (χ2n) is 4.30. The molecule has 1 fully saturated rings. The zero-order valence-electron chi connectivity index (χ0n) is 8.93. The van der Waals surface area contributed by atoms with Crippen molar-refractivity contribution in [3.63, 3.8) is 0 Å². The molecule has 0 heteroatoms. The molecule has 0 saturated heterocycles. The second-order valence-corrected chi connectivity index (χ2v) is 4.30. The van der Waals surface area contributed by atoms with Crippen LogP contribution in [0.4, 0.5) is 0 Å². The lowest BCUT2D eigenvalue weighted by molar-refractivity contribution is 0.675. The van der Waals surface area contributed by atoms with Gasteiger partial charge in [0.1, 0.15) is 0 Å². The summed E-state index contributed by atoms with van der Waals surface area (Å²) in [5, 5.41) is 0. The van der Waals surface area contributed by atoms with Gasteiger partial charge in [-0.25, -0.2) is 0 Å². The standard InChI is InChI=1S/C12H22/c1-5-9(3)7-11(6-2)12-8-10(12)4/h7,9-10,12H,5-6,8H2,1-4H3. The quantitative estimate of drug-likeness (QED) is 0.553. The first-order valence-electron chi connectivity index (χ1n) is 5.39. The zero-order valence-corrected chi connectivity index (χ0v) is 8.93. The molecule has 3 atom stereocenters. The third kappa shape index (κ3) is 2.36. The van der Waals surface area contributed by atoms with Gasteiger partial charge in [-0.05, 0) is 30.6 Å². The smallest absolute Gasteiger partial charge is 0.0175 e. The van der Waals surface area contributed by atoms with E-state index in [4.69, 9.17) is 0 Å². The Balaban J connectivity index is 2.49. The molecule has 0 aromatic heterocycles. The van der Waals surface area contributed by atoms with Crippen LogP contribution in [0.2, 0.25) is 0 Å². The Morgan fingerprint density at radius 1 is 1.50 bits per heavy atom. The molecule has 70 valence electrons. The van der Waals surface area contributed by atoms with Gasteiger partial charge >= 0.3 is 0 Å². The maximum atomic E-state index is 2.51. The van der Waals surface area contributed by atoms with Crippen LogP contribution < -0.4 is 0 Å². The van der Waals surface area contributed by atoms with Crippen LogP contribution in [0, 0.1) is 17.8 Å². The summed E-state index contributed by atoms with van der Waals surface area (Å²) >= 11 is 0. The molecule has 0 bridgehead atoms. The SMILES string of the molecule is CCC(=CC(C)CC)C1CC1C. The molecule has 0 N–H and O–H groups in total. The van der Waals surface area contributed by atoms with Gasteiger partial charge in [0.2, 0.25) is 0 Å². The van der Waals surface area contributed by atoms with E-state index < -0.39 is 0 Å². The first-order valence-corrected chi connectivity index (χ1v) is 5.39. The molecule has 0 aromatic carbocycles. The highest BCUT2D eigenvalue weighted by atomic mass is 14.4. The largest absolute Gasteiger partial charge is 0.0822 e. The lowest BCUT2D eigenvalue weighted by atomic mass is 9.99. The summed E-state index contributed by atoms with van der Waals surface area (Å²) in [4.78, 5) is 0. The van der Waals surface area contributed by atoms with E-state index in [2.05, 4.69) is 33.8 Å². The van der Waals surface area contributed by atoms with Gasteiger partial charge in [0.05, 0.1) is 0 Å². The summed E-state index contributed by atoms with van der Waals surface area (Å²) in [7, 11) is 0. The predicted octanol–water partition coefficient (Wildman–Crippen LogP) is 4.02. The predicted molar refractivity (Wildman–Crippen MR) is 55.1 cm³/mol. The fourth-order valence-electron chi connectivity index (χ4n) is 1.83. The van der Waals surface area contributed by atoms with E-state index in [0.717, 1.165) is 17.8 Å². The van der Waals surface area contributed by atoms with E-state index in [0.29, 0.717) is 0 Å². The molecule has 0 spiro atoms. The maximum Gasteiger partial charge on any atom is -0.0175 e. The van der Waals surface area contributed by atoms with E-state index in [1.807, 2.05) is 0 Å².